The minimum Gasteiger partial charge on any atom is -0.376 e. The van der Waals surface area contributed by atoms with Crippen LogP contribution in [0, 0.1) is 6.92 Å². The average molecular weight is 268 g/mol. The van der Waals surface area contributed by atoms with Crippen molar-refractivity contribution in [1.82, 2.24) is 4.90 Å². The predicted octanol–water partition coefficient (Wildman–Crippen LogP) is 2.55. The van der Waals surface area contributed by atoms with Gasteiger partial charge in [0.05, 0.1) is 18.8 Å². The summed E-state index contributed by atoms with van der Waals surface area (Å²) in [6, 6.07) is 5.28. The van der Waals surface area contributed by atoms with Gasteiger partial charge in [-0.2, -0.15) is 0 Å². The maximum atomic E-state index is 6.24. The van der Waals surface area contributed by atoms with Crippen LogP contribution in [0.2, 0.25) is 0 Å². The Kier molecular flexibility index (Phi) is 4.43. The molecule has 3 nitrogen and oxygen atoms in total. The van der Waals surface area contributed by atoms with Crippen molar-refractivity contribution in [1.29, 1.82) is 0 Å². The lowest BCUT2D eigenvalue weighted by Gasteiger charge is -2.43. The van der Waals surface area contributed by atoms with Gasteiger partial charge in [-0.1, -0.05) is 0 Å². The van der Waals surface area contributed by atoms with Gasteiger partial charge in [0.25, 0.3) is 0 Å². The molecule has 0 amide bonds. The van der Waals surface area contributed by atoms with E-state index in [0.717, 1.165) is 13.2 Å². The standard InChI is InChI=1S/C14H24N2OS/c1-9-8-17-10(2)7-16(9)14(12(4)15)13-6-5-11(3)18-13/h5-6,9-10,12,14H,7-8,15H2,1-4H3. The number of ether oxygens (including phenoxy) is 1. The number of thiophene rings is 1. The quantitative estimate of drug-likeness (QED) is 0.915. The Morgan fingerprint density at radius 2 is 2.17 bits per heavy atom. The van der Waals surface area contributed by atoms with E-state index in [4.69, 9.17) is 10.5 Å². The van der Waals surface area contributed by atoms with Crippen molar-refractivity contribution in [3.63, 3.8) is 0 Å². The molecule has 102 valence electrons. The van der Waals surface area contributed by atoms with E-state index in [1.54, 1.807) is 0 Å². The monoisotopic (exact) mass is 268 g/mol. The molecule has 1 aliphatic rings. The van der Waals surface area contributed by atoms with E-state index in [0.29, 0.717) is 18.2 Å². The lowest BCUT2D eigenvalue weighted by molar-refractivity contribution is -0.0691. The number of rotatable bonds is 3. The summed E-state index contributed by atoms with van der Waals surface area (Å²) in [5, 5.41) is 0. The van der Waals surface area contributed by atoms with Gasteiger partial charge >= 0.3 is 0 Å². The molecule has 1 saturated heterocycles. The number of aryl methyl sites for hydroxylation is 1. The maximum absolute atomic E-state index is 6.24. The second-order valence-electron chi connectivity index (χ2n) is 5.44. The minimum atomic E-state index is 0.135. The molecule has 4 atom stereocenters. The van der Waals surface area contributed by atoms with Crippen molar-refractivity contribution in [2.45, 2.75) is 51.9 Å². The molecule has 1 aliphatic heterocycles. The van der Waals surface area contributed by atoms with E-state index < -0.39 is 0 Å². The Balaban J connectivity index is 2.24. The molecule has 0 spiro atoms. The molecular weight excluding hydrogens is 244 g/mol. The van der Waals surface area contributed by atoms with Crippen LogP contribution < -0.4 is 5.73 Å². The van der Waals surface area contributed by atoms with Crippen molar-refractivity contribution in [2.24, 2.45) is 5.73 Å². The SMILES string of the molecule is Cc1ccc(C(C(C)N)N2CC(C)OCC2C)s1. The van der Waals surface area contributed by atoms with Crippen molar-refractivity contribution in [2.75, 3.05) is 13.2 Å². The summed E-state index contributed by atoms with van der Waals surface area (Å²) in [5.41, 5.74) is 6.24. The summed E-state index contributed by atoms with van der Waals surface area (Å²) in [4.78, 5) is 5.23. The molecule has 4 heteroatoms. The minimum absolute atomic E-state index is 0.135. The fourth-order valence-corrected chi connectivity index (χ4v) is 3.77. The lowest BCUT2D eigenvalue weighted by atomic mass is 10.0. The van der Waals surface area contributed by atoms with Crippen LogP contribution in [0.3, 0.4) is 0 Å². The third kappa shape index (κ3) is 2.94. The van der Waals surface area contributed by atoms with Gasteiger partial charge in [-0.15, -0.1) is 11.3 Å². The number of morpholine rings is 1. The van der Waals surface area contributed by atoms with Crippen LogP contribution in [-0.4, -0.2) is 36.2 Å². The van der Waals surface area contributed by atoms with Gasteiger partial charge in [-0.3, -0.25) is 4.90 Å². The topological polar surface area (TPSA) is 38.5 Å². The molecule has 0 aliphatic carbocycles. The normalized spacial score (nSPS) is 29.2. The molecule has 0 bridgehead atoms. The summed E-state index contributed by atoms with van der Waals surface area (Å²) in [6.45, 7) is 10.4. The zero-order valence-electron chi connectivity index (χ0n) is 11.7. The molecule has 1 fully saturated rings. The van der Waals surface area contributed by atoms with Crippen LogP contribution in [0.5, 0.6) is 0 Å². The van der Waals surface area contributed by atoms with E-state index in [1.807, 2.05) is 11.3 Å². The molecule has 0 saturated carbocycles. The van der Waals surface area contributed by atoms with Crippen LogP contribution in [0.4, 0.5) is 0 Å². The van der Waals surface area contributed by atoms with Crippen LogP contribution >= 0.6 is 11.3 Å². The van der Waals surface area contributed by atoms with E-state index in [-0.39, 0.29) is 6.04 Å². The first-order valence-electron chi connectivity index (χ1n) is 6.68. The van der Waals surface area contributed by atoms with Gasteiger partial charge in [0.2, 0.25) is 0 Å². The van der Waals surface area contributed by atoms with Gasteiger partial charge in [0, 0.05) is 28.4 Å². The molecular formula is C14H24N2OS. The first kappa shape index (κ1) is 14.0. The van der Waals surface area contributed by atoms with Gasteiger partial charge in [-0.25, -0.2) is 0 Å². The summed E-state index contributed by atoms with van der Waals surface area (Å²) in [7, 11) is 0. The van der Waals surface area contributed by atoms with Crippen molar-refractivity contribution >= 4 is 11.3 Å². The number of nitrogens with zero attached hydrogens (tertiary/aromatic N) is 1. The molecule has 0 aromatic carbocycles. The predicted molar refractivity (Wildman–Crippen MR) is 77.0 cm³/mol. The van der Waals surface area contributed by atoms with Crippen molar-refractivity contribution in [3.8, 4) is 0 Å². The van der Waals surface area contributed by atoms with Crippen molar-refractivity contribution in [3.05, 3.63) is 21.9 Å². The smallest absolute Gasteiger partial charge is 0.0675 e. The van der Waals surface area contributed by atoms with Crippen LogP contribution in [0.15, 0.2) is 12.1 Å². The Bertz CT molecular complexity index is 391. The highest BCUT2D eigenvalue weighted by Gasteiger charge is 2.33. The van der Waals surface area contributed by atoms with E-state index in [2.05, 4.69) is 44.7 Å². The Labute approximate surface area is 114 Å². The molecule has 2 N–H and O–H groups in total. The van der Waals surface area contributed by atoms with Gasteiger partial charge in [-0.05, 0) is 39.8 Å². The van der Waals surface area contributed by atoms with Gasteiger partial charge < -0.3 is 10.5 Å². The largest absolute Gasteiger partial charge is 0.376 e. The van der Waals surface area contributed by atoms with E-state index in [9.17, 15) is 0 Å². The van der Waals surface area contributed by atoms with Crippen LogP contribution in [0.25, 0.3) is 0 Å². The third-order valence-electron chi connectivity index (χ3n) is 3.56. The first-order valence-corrected chi connectivity index (χ1v) is 7.50. The van der Waals surface area contributed by atoms with Gasteiger partial charge in [0.1, 0.15) is 0 Å². The number of hydrogen-bond acceptors (Lipinski definition) is 4. The molecule has 0 radical (unpaired) electrons. The number of hydrogen-bond donors (Lipinski definition) is 1. The molecule has 1 aromatic heterocycles. The summed E-state index contributed by atoms with van der Waals surface area (Å²) >= 11 is 1.86. The molecule has 4 unspecified atom stereocenters. The van der Waals surface area contributed by atoms with Crippen LogP contribution in [-0.2, 0) is 4.74 Å². The summed E-state index contributed by atoms with van der Waals surface area (Å²) in [5.74, 6) is 0. The highest BCUT2D eigenvalue weighted by atomic mass is 32.1. The molecule has 2 rings (SSSR count). The van der Waals surface area contributed by atoms with Crippen LogP contribution in [0.1, 0.15) is 36.6 Å². The maximum Gasteiger partial charge on any atom is 0.0675 e. The molecule has 2 heterocycles. The fourth-order valence-electron chi connectivity index (χ4n) is 2.65. The van der Waals surface area contributed by atoms with Crippen molar-refractivity contribution < 1.29 is 4.74 Å². The Hall–Kier alpha value is -0.420. The lowest BCUT2D eigenvalue weighted by Crippen LogP contribution is -2.52. The second-order valence-corrected chi connectivity index (χ2v) is 6.76. The number of nitrogens with two attached hydrogens (primary N) is 1. The molecule has 18 heavy (non-hydrogen) atoms. The van der Waals surface area contributed by atoms with E-state index >= 15 is 0 Å². The third-order valence-corrected chi connectivity index (χ3v) is 4.64. The summed E-state index contributed by atoms with van der Waals surface area (Å²) < 4.78 is 5.71. The highest BCUT2D eigenvalue weighted by molar-refractivity contribution is 7.12. The second kappa shape index (κ2) is 5.70. The zero-order chi connectivity index (χ0) is 13.3. The zero-order valence-corrected chi connectivity index (χ0v) is 12.5. The first-order chi connectivity index (χ1) is 8.49. The molecule has 1 aromatic rings. The Morgan fingerprint density at radius 1 is 1.44 bits per heavy atom. The highest BCUT2D eigenvalue weighted by Crippen LogP contribution is 2.32. The van der Waals surface area contributed by atoms with Gasteiger partial charge in [0.15, 0.2) is 0 Å². The fraction of sp³-hybridized carbons (Fsp3) is 0.714. The Morgan fingerprint density at radius 3 is 2.72 bits per heavy atom. The van der Waals surface area contributed by atoms with E-state index in [1.165, 1.54) is 9.75 Å². The average Bonchev–Trinajstić information content (AvgIpc) is 2.70. The summed E-state index contributed by atoms with van der Waals surface area (Å²) in [6.07, 6.45) is 0.295.